The Balaban J connectivity index is 1.39. The minimum absolute atomic E-state index is 0.264. The average molecular weight is 345 g/mol. The molecule has 5 rings (SSSR count). The Morgan fingerprint density at radius 1 is 1.00 bits per heavy atom. The summed E-state index contributed by atoms with van der Waals surface area (Å²) in [5.41, 5.74) is 2.41. The van der Waals surface area contributed by atoms with Gasteiger partial charge in [0, 0.05) is 43.3 Å². The van der Waals surface area contributed by atoms with Crippen molar-refractivity contribution in [1.82, 2.24) is 14.9 Å². The van der Waals surface area contributed by atoms with E-state index in [1.807, 2.05) is 30.5 Å². The highest BCUT2D eigenvalue weighted by molar-refractivity contribution is 5.81. The van der Waals surface area contributed by atoms with Crippen molar-refractivity contribution in [3.63, 3.8) is 0 Å². The van der Waals surface area contributed by atoms with Crippen molar-refractivity contribution in [2.45, 2.75) is 25.0 Å². The summed E-state index contributed by atoms with van der Waals surface area (Å²) in [6.07, 6.45) is 5.55. The molecule has 0 unspecified atom stereocenters. The van der Waals surface area contributed by atoms with Crippen LogP contribution in [0.25, 0.3) is 10.9 Å². The summed E-state index contributed by atoms with van der Waals surface area (Å²) in [7, 11) is 0. The Morgan fingerprint density at radius 3 is 2.77 bits per heavy atom. The lowest BCUT2D eigenvalue weighted by molar-refractivity contribution is -0.0108. The molecule has 1 N–H and O–H groups in total. The van der Waals surface area contributed by atoms with Gasteiger partial charge >= 0.3 is 0 Å². The quantitative estimate of drug-likeness (QED) is 0.791. The highest BCUT2D eigenvalue weighted by atomic mass is 16.3. The van der Waals surface area contributed by atoms with Gasteiger partial charge in [0.15, 0.2) is 0 Å². The maximum absolute atomic E-state index is 11.4. The number of likely N-dealkylation sites (tertiary alicyclic amines) is 1. The summed E-state index contributed by atoms with van der Waals surface area (Å²) in [5, 5.41) is 12.6. The molecule has 0 bridgehead atoms. The molecular formula is C22H23N3O. The number of benzene rings is 1. The highest BCUT2D eigenvalue weighted by Crippen LogP contribution is 2.50. The fraction of sp³-hybridized carbons (Fsp3) is 0.364. The van der Waals surface area contributed by atoms with E-state index in [4.69, 9.17) is 0 Å². The first kappa shape index (κ1) is 15.9. The number of pyridine rings is 2. The number of aromatic nitrogens is 2. The van der Waals surface area contributed by atoms with Gasteiger partial charge in [-0.25, -0.2) is 0 Å². The van der Waals surface area contributed by atoms with Crippen LogP contribution < -0.4 is 0 Å². The van der Waals surface area contributed by atoms with Crippen LogP contribution in [0.1, 0.15) is 24.1 Å². The molecule has 132 valence electrons. The summed E-state index contributed by atoms with van der Waals surface area (Å²) < 4.78 is 0. The molecule has 0 spiro atoms. The molecule has 1 aliphatic heterocycles. The van der Waals surface area contributed by atoms with Gasteiger partial charge in [-0.1, -0.05) is 30.3 Å². The topological polar surface area (TPSA) is 49.3 Å². The van der Waals surface area contributed by atoms with E-state index in [1.165, 1.54) is 10.9 Å². The van der Waals surface area contributed by atoms with E-state index < -0.39 is 5.60 Å². The fourth-order valence-electron chi connectivity index (χ4n) is 4.99. The monoisotopic (exact) mass is 345 g/mol. The molecule has 26 heavy (non-hydrogen) atoms. The summed E-state index contributed by atoms with van der Waals surface area (Å²) in [6, 6.07) is 16.4. The predicted molar refractivity (Wildman–Crippen MR) is 101 cm³/mol. The van der Waals surface area contributed by atoms with Crippen molar-refractivity contribution in [3.05, 3.63) is 72.2 Å². The van der Waals surface area contributed by atoms with E-state index in [0.717, 1.165) is 43.7 Å². The molecule has 4 heteroatoms. The number of nitrogens with zero attached hydrogens (tertiary/aromatic N) is 3. The van der Waals surface area contributed by atoms with Crippen LogP contribution in [-0.2, 0) is 12.1 Å². The zero-order valence-electron chi connectivity index (χ0n) is 14.8. The number of rotatable bonds is 3. The predicted octanol–water partition coefficient (Wildman–Crippen LogP) is 3.36. The Hall–Kier alpha value is -2.30. The zero-order valence-corrected chi connectivity index (χ0v) is 14.8. The second-order valence-electron chi connectivity index (χ2n) is 7.73. The van der Waals surface area contributed by atoms with Crippen LogP contribution in [0.4, 0.5) is 0 Å². The standard InChI is InChI=1S/C22H23N3O/c26-22(20-8-1-2-11-23-20)10-9-17-13-25(15-19(17)22)14-18-6-3-5-16-7-4-12-24-21(16)18/h1-8,11-12,17,19,26H,9-10,13-15H2/t17-,19+,22-/m0/s1. The highest BCUT2D eigenvalue weighted by Gasteiger charge is 2.52. The first-order valence-corrected chi connectivity index (χ1v) is 9.43. The zero-order chi connectivity index (χ0) is 17.6. The lowest BCUT2D eigenvalue weighted by atomic mass is 9.85. The molecule has 3 atom stereocenters. The van der Waals surface area contributed by atoms with Gasteiger partial charge in [-0.2, -0.15) is 0 Å². The molecule has 0 amide bonds. The average Bonchev–Trinajstić information content (AvgIpc) is 3.23. The Labute approximate surface area is 153 Å². The number of hydrogen-bond acceptors (Lipinski definition) is 4. The first-order chi connectivity index (χ1) is 12.7. The second-order valence-corrected chi connectivity index (χ2v) is 7.73. The largest absolute Gasteiger partial charge is 0.383 e. The Kier molecular flexibility index (Phi) is 3.76. The van der Waals surface area contributed by atoms with Crippen LogP contribution in [0.15, 0.2) is 60.9 Å². The van der Waals surface area contributed by atoms with Crippen LogP contribution in [0, 0.1) is 11.8 Å². The number of hydrogen-bond donors (Lipinski definition) is 1. The van der Waals surface area contributed by atoms with Crippen molar-refractivity contribution < 1.29 is 5.11 Å². The van der Waals surface area contributed by atoms with Gasteiger partial charge in [-0.3, -0.25) is 14.9 Å². The molecule has 2 aromatic heterocycles. The second kappa shape index (κ2) is 6.15. The molecule has 1 aliphatic carbocycles. The van der Waals surface area contributed by atoms with E-state index in [9.17, 15) is 5.11 Å². The van der Waals surface area contributed by atoms with Gasteiger partial charge in [0.05, 0.1) is 11.2 Å². The van der Waals surface area contributed by atoms with Crippen LogP contribution in [0.5, 0.6) is 0 Å². The van der Waals surface area contributed by atoms with Crippen molar-refractivity contribution in [3.8, 4) is 0 Å². The van der Waals surface area contributed by atoms with Crippen molar-refractivity contribution in [1.29, 1.82) is 0 Å². The molecule has 1 saturated heterocycles. The van der Waals surface area contributed by atoms with E-state index in [1.54, 1.807) is 6.20 Å². The Morgan fingerprint density at radius 2 is 1.88 bits per heavy atom. The third-order valence-electron chi connectivity index (χ3n) is 6.24. The number of fused-ring (bicyclic) bond motifs is 2. The molecule has 1 aromatic carbocycles. The van der Waals surface area contributed by atoms with Crippen LogP contribution >= 0.6 is 0 Å². The third kappa shape index (κ3) is 2.52. The van der Waals surface area contributed by atoms with Crippen LogP contribution in [-0.4, -0.2) is 33.1 Å². The fourth-order valence-corrected chi connectivity index (χ4v) is 4.99. The summed E-state index contributed by atoms with van der Waals surface area (Å²) in [5.74, 6) is 0.810. The molecule has 0 radical (unpaired) electrons. The van der Waals surface area contributed by atoms with Crippen molar-refractivity contribution in [2.75, 3.05) is 13.1 Å². The first-order valence-electron chi connectivity index (χ1n) is 9.43. The van der Waals surface area contributed by atoms with E-state index in [-0.39, 0.29) is 5.92 Å². The maximum Gasteiger partial charge on any atom is 0.111 e. The van der Waals surface area contributed by atoms with Gasteiger partial charge in [0.25, 0.3) is 0 Å². The van der Waals surface area contributed by atoms with Gasteiger partial charge in [-0.15, -0.1) is 0 Å². The molecule has 2 aliphatic rings. The van der Waals surface area contributed by atoms with Crippen LogP contribution in [0.2, 0.25) is 0 Å². The summed E-state index contributed by atoms with van der Waals surface area (Å²) >= 11 is 0. The van der Waals surface area contributed by atoms with E-state index in [2.05, 4.69) is 39.1 Å². The molecule has 1 saturated carbocycles. The molecular weight excluding hydrogens is 322 g/mol. The minimum atomic E-state index is -0.780. The van der Waals surface area contributed by atoms with Crippen LogP contribution in [0.3, 0.4) is 0 Å². The Bertz CT molecular complexity index is 924. The molecule has 2 fully saturated rings. The smallest absolute Gasteiger partial charge is 0.111 e. The number of aliphatic hydroxyl groups is 1. The van der Waals surface area contributed by atoms with Gasteiger partial charge < -0.3 is 5.11 Å². The molecule has 3 heterocycles. The van der Waals surface area contributed by atoms with E-state index >= 15 is 0 Å². The van der Waals surface area contributed by atoms with Gasteiger partial charge in [0.1, 0.15) is 5.60 Å². The van der Waals surface area contributed by atoms with E-state index in [0.29, 0.717) is 5.92 Å². The normalized spacial score (nSPS) is 28.5. The van der Waals surface area contributed by atoms with Crippen molar-refractivity contribution in [2.24, 2.45) is 11.8 Å². The maximum atomic E-state index is 11.4. The summed E-state index contributed by atoms with van der Waals surface area (Å²) in [4.78, 5) is 11.5. The van der Waals surface area contributed by atoms with Gasteiger partial charge in [0.2, 0.25) is 0 Å². The SMILES string of the molecule is O[C@@]1(c2ccccn2)CC[C@H]2CN(Cc3cccc4cccnc34)C[C@H]21. The lowest BCUT2D eigenvalue weighted by Crippen LogP contribution is -2.35. The third-order valence-corrected chi connectivity index (χ3v) is 6.24. The lowest BCUT2D eigenvalue weighted by Gasteiger charge is -2.29. The van der Waals surface area contributed by atoms with Gasteiger partial charge in [-0.05, 0) is 42.5 Å². The minimum Gasteiger partial charge on any atom is -0.383 e. The molecule has 4 nitrogen and oxygen atoms in total. The van der Waals surface area contributed by atoms with Crippen molar-refractivity contribution >= 4 is 10.9 Å². The molecule has 3 aromatic rings. The summed E-state index contributed by atoms with van der Waals surface area (Å²) in [6.45, 7) is 2.85. The number of para-hydroxylation sites is 1.